The van der Waals surface area contributed by atoms with Crippen LogP contribution in [0.3, 0.4) is 0 Å². The molecule has 1 aromatic carbocycles. The maximum Gasteiger partial charge on any atom is 0.335 e. The van der Waals surface area contributed by atoms with E-state index in [0.29, 0.717) is 5.75 Å². The first-order valence-electron chi connectivity index (χ1n) is 4.19. The third kappa shape index (κ3) is 2.75. The van der Waals surface area contributed by atoms with Crippen molar-refractivity contribution in [3.05, 3.63) is 42.5 Å². The van der Waals surface area contributed by atoms with E-state index in [1.807, 2.05) is 12.1 Å². The first-order chi connectivity index (χ1) is 6.26. The zero-order valence-electron chi connectivity index (χ0n) is 7.62. The Hall–Kier alpha value is -1.57. The van der Waals surface area contributed by atoms with Crippen LogP contribution in [0.15, 0.2) is 36.9 Å². The molecule has 0 N–H and O–H groups in total. The zero-order chi connectivity index (χ0) is 9.68. The summed E-state index contributed by atoms with van der Waals surface area (Å²) in [5.41, 5.74) is 1.22. The fourth-order valence-electron chi connectivity index (χ4n) is 0.951. The van der Waals surface area contributed by atoms with Gasteiger partial charge in [-0.15, -0.1) is 0 Å². The third-order valence-corrected chi connectivity index (χ3v) is 1.72. The van der Waals surface area contributed by atoms with Crippen LogP contribution >= 0.6 is 0 Å². The van der Waals surface area contributed by atoms with Gasteiger partial charge in [0, 0.05) is 6.08 Å². The van der Waals surface area contributed by atoms with Crippen LogP contribution in [0, 0.1) is 0 Å². The van der Waals surface area contributed by atoms with Crippen LogP contribution < -0.4 is 4.74 Å². The lowest BCUT2D eigenvalue weighted by molar-refractivity contribution is -0.128. The lowest BCUT2D eigenvalue weighted by Crippen LogP contribution is -2.02. The van der Waals surface area contributed by atoms with E-state index in [0.717, 1.165) is 12.5 Å². The highest BCUT2D eigenvalue weighted by molar-refractivity contribution is 5.83. The minimum Gasteiger partial charge on any atom is -0.423 e. The van der Waals surface area contributed by atoms with E-state index in [9.17, 15) is 4.79 Å². The van der Waals surface area contributed by atoms with Gasteiger partial charge >= 0.3 is 5.97 Å². The molecule has 0 aliphatic heterocycles. The van der Waals surface area contributed by atoms with Gasteiger partial charge in [-0.05, 0) is 24.1 Å². The number of carbonyl (C=O) groups excluding carboxylic acids is 1. The zero-order valence-corrected chi connectivity index (χ0v) is 7.62. The van der Waals surface area contributed by atoms with Gasteiger partial charge in [-0.25, -0.2) is 4.79 Å². The molecule has 1 rings (SSSR count). The predicted octanol–water partition coefficient (Wildman–Crippen LogP) is 2.34. The molecule has 2 nitrogen and oxygen atoms in total. The molecule has 0 atom stereocenters. The van der Waals surface area contributed by atoms with Gasteiger partial charge in [-0.3, -0.25) is 0 Å². The minimum atomic E-state index is -0.427. The molecule has 0 amide bonds. The molecular weight excluding hydrogens is 164 g/mol. The highest BCUT2D eigenvalue weighted by Crippen LogP contribution is 2.12. The number of hydrogen-bond donors (Lipinski definition) is 0. The predicted molar refractivity (Wildman–Crippen MR) is 51.7 cm³/mol. The quantitative estimate of drug-likeness (QED) is 0.401. The lowest BCUT2D eigenvalue weighted by Gasteiger charge is -2.01. The maximum atomic E-state index is 10.8. The van der Waals surface area contributed by atoms with Crippen molar-refractivity contribution >= 4 is 5.97 Å². The topological polar surface area (TPSA) is 26.3 Å². The van der Waals surface area contributed by atoms with E-state index in [-0.39, 0.29) is 0 Å². The summed E-state index contributed by atoms with van der Waals surface area (Å²) in [7, 11) is 0. The summed E-state index contributed by atoms with van der Waals surface area (Å²) in [5, 5.41) is 0. The molecule has 0 heterocycles. The second-order valence-electron chi connectivity index (χ2n) is 2.62. The van der Waals surface area contributed by atoms with E-state index in [1.54, 1.807) is 12.1 Å². The number of ether oxygens (including phenoxy) is 1. The summed E-state index contributed by atoms with van der Waals surface area (Å²) in [6.07, 6.45) is 2.13. The molecule has 0 unspecified atom stereocenters. The maximum absolute atomic E-state index is 10.8. The molecule has 1 aromatic rings. The molecule has 0 radical (unpaired) electrons. The average molecular weight is 176 g/mol. The standard InChI is InChI=1S/C11H12O2/c1-3-9-5-7-10(8-6-9)13-11(12)4-2/h4-8H,2-3H2,1H3. The Balaban J connectivity index is 2.69. The van der Waals surface area contributed by atoms with E-state index in [4.69, 9.17) is 4.74 Å². The molecule has 0 aliphatic rings. The summed E-state index contributed by atoms with van der Waals surface area (Å²) in [6.45, 7) is 5.39. The van der Waals surface area contributed by atoms with Crippen molar-refractivity contribution in [2.45, 2.75) is 13.3 Å². The van der Waals surface area contributed by atoms with Gasteiger partial charge in [-0.1, -0.05) is 25.6 Å². The summed E-state index contributed by atoms with van der Waals surface area (Å²) < 4.78 is 4.91. The third-order valence-electron chi connectivity index (χ3n) is 1.72. The molecular formula is C11H12O2. The van der Waals surface area contributed by atoms with E-state index in [1.165, 1.54) is 5.56 Å². The lowest BCUT2D eigenvalue weighted by atomic mass is 10.2. The van der Waals surface area contributed by atoms with Gasteiger partial charge < -0.3 is 4.74 Å². The van der Waals surface area contributed by atoms with Gasteiger partial charge in [0.1, 0.15) is 5.75 Å². The Morgan fingerprint density at radius 2 is 2.08 bits per heavy atom. The van der Waals surface area contributed by atoms with Crippen LogP contribution in [0.4, 0.5) is 0 Å². The van der Waals surface area contributed by atoms with Crippen molar-refractivity contribution in [2.75, 3.05) is 0 Å². The molecule has 68 valence electrons. The summed E-state index contributed by atoms with van der Waals surface area (Å²) in [5.74, 6) is 0.131. The van der Waals surface area contributed by atoms with Crippen LogP contribution in [-0.4, -0.2) is 5.97 Å². The normalized spacial score (nSPS) is 9.31. The molecule has 0 spiro atoms. The Morgan fingerprint density at radius 1 is 1.46 bits per heavy atom. The molecule has 0 aliphatic carbocycles. The van der Waals surface area contributed by atoms with Gasteiger partial charge in [0.2, 0.25) is 0 Å². The number of aryl methyl sites for hydroxylation is 1. The van der Waals surface area contributed by atoms with Gasteiger partial charge in [0.05, 0.1) is 0 Å². The highest BCUT2D eigenvalue weighted by Gasteiger charge is 1.98. The number of hydrogen-bond acceptors (Lipinski definition) is 2. The van der Waals surface area contributed by atoms with Gasteiger partial charge in [0.25, 0.3) is 0 Å². The number of rotatable bonds is 3. The van der Waals surface area contributed by atoms with Crippen molar-refractivity contribution in [1.29, 1.82) is 0 Å². The fourth-order valence-corrected chi connectivity index (χ4v) is 0.951. The van der Waals surface area contributed by atoms with Gasteiger partial charge in [-0.2, -0.15) is 0 Å². The van der Waals surface area contributed by atoms with Crippen LogP contribution in [0.5, 0.6) is 5.75 Å². The Labute approximate surface area is 77.8 Å². The van der Waals surface area contributed by atoms with Crippen molar-refractivity contribution in [1.82, 2.24) is 0 Å². The Morgan fingerprint density at radius 3 is 2.54 bits per heavy atom. The Bertz CT molecular complexity index is 298. The van der Waals surface area contributed by atoms with Crippen molar-refractivity contribution < 1.29 is 9.53 Å². The summed E-state index contributed by atoms with van der Waals surface area (Å²) in [6, 6.07) is 7.43. The molecule has 0 aromatic heterocycles. The van der Waals surface area contributed by atoms with Crippen LogP contribution in [0.2, 0.25) is 0 Å². The molecule has 0 fully saturated rings. The second kappa shape index (κ2) is 4.45. The molecule has 0 saturated carbocycles. The molecule has 0 saturated heterocycles. The van der Waals surface area contributed by atoms with Crippen molar-refractivity contribution in [3.63, 3.8) is 0 Å². The SMILES string of the molecule is C=CC(=O)Oc1ccc(CC)cc1. The first kappa shape index (κ1) is 9.52. The highest BCUT2D eigenvalue weighted by atomic mass is 16.5. The largest absolute Gasteiger partial charge is 0.423 e. The van der Waals surface area contributed by atoms with Gasteiger partial charge in [0.15, 0.2) is 0 Å². The van der Waals surface area contributed by atoms with E-state index in [2.05, 4.69) is 13.5 Å². The summed E-state index contributed by atoms with van der Waals surface area (Å²) >= 11 is 0. The second-order valence-corrected chi connectivity index (χ2v) is 2.62. The smallest absolute Gasteiger partial charge is 0.335 e. The number of benzene rings is 1. The van der Waals surface area contributed by atoms with Crippen molar-refractivity contribution in [3.8, 4) is 5.75 Å². The van der Waals surface area contributed by atoms with E-state index < -0.39 is 5.97 Å². The summed E-state index contributed by atoms with van der Waals surface area (Å²) in [4.78, 5) is 10.8. The van der Waals surface area contributed by atoms with Crippen LogP contribution in [0.1, 0.15) is 12.5 Å². The average Bonchev–Trinajstić information content (AvgIpc) is 2.19. The molecule has 13 heavy (non-hydrogen) atoms. The minimum absolute atomic E-state index is 0.427. The fraction of sp³-hybridized carbons (Fsp3) is 0.182. The monoisotopic (exact) mass is 176 g/mol. The molecule has 0 bridgehead atoms. The molecule has 2 heteroatoms. The Kier molecular flexibility index (Phi) is 3.26. The van der Waals surface area contributed by atoms with Crippen molar-refractivity contribution in [2.24, 2.45) is 0 Å². The van der Waals surface area contributed by atoms with E-state index >= 15 is 0 Å². The van der Waals surface area contributed by atoms with Crippen LogP contribution in [-0.2, 0) is 11.2 Å². The first-order valence-corrected chi connectivity index (χ1v) is 4.19. The van der Waals surface area contributed by atoms with Crippen LogP contribution in [0.25, 0.3) is 0 Å². The number of esters is 1. The number of carbonyl (C=O) groups is 1.